The lowest BCUT2D eigenvalue weighted by atomic mass is 10.3. The van der Waals surface area contributed by atoms with Crippen molar-refractivity contribution in [1.29, 1.82) is 0 Å². The molecule has 0 saturated carbocycles. The van der Waals surface area contributed by atoms with E-state index in [4.69, 9.17) is 4.74 Å². The number of carbonyl (C=O) groups is 2. The maximum Gasteiger partial charge on any atom is 0.317 e. The highest BCUT2D eigenvalue weighted by atomic mass is 32.2. The number of thiophene rings is 1. The number of esters is 1. The molecule has 10 heteroatoms. The molecule has 0 aliphatic rings. The highest BCUT2D eigenvalue weighted by Crippen LogP contribution is 2.27. The number of nitrogens with zero attached hydrogens (tertiary/aromatic N) is 2. The number of rotatable bonds is 6. The Morgan fingerprint density at radius 2 is 2.07 bits per heavy atom. The molecule has 27 heavy (non-hydrogen) atoms. The van der Waals surface area contributed by atoms with Crippen molar-refractivity contribution < 1.29 is 23.1 Å². The normalized spacial score (nSPS) is 12.0. The predicted octanol–water partition coefficient (Wildman–Crippen LogP) is 3.63. The van der Waals surface area contributed by atoms with Crippen LogP contribution in [0, 0.1) is 11.6 Å². The summed E-state index contributed by atoms with van der Waals surface area (Å²) in [5.41, 5.74) is 0.0667. The zero-order chi connectivity index (χ0) is 19.4. The van der Waals surface area contributed by atoms with Gasteiger partial charge in [0.1, 0.15) is 16.2 Å². The number of hydrogen-bond donors (Lipinski definition) is 1. The van der Waals surface area contributed by atoms with Gasteiger partial charge < -0.3 is 10.1 Å². The van der Waals surface area contributed by atoms with Crippen LogP contribution < -0.4 is 5.32 Å². The first-order chi connectivity index (χ1) is 12.9. The summed E-state index contributed by atoms with van der Waals surface area (Å²) in [6, 6.07) is 4.82. The molecule has 3 rings (SSSR count). The van der Waals surface area contributed by atoms with Crippen molar-refractivity contribution in [3.05, 3.63) is 47.6 Å². The monoisotopic (exact) mass is 409 g/mol. The second-order valence-electron chi connectivity index (χ2n) is 5.36. The van der Waals surface area contributed by atoms with Gasteiger partial charge in [0.25, 0.3) is 5.91 Å². The van der Waals surface area contributed by atoms with E-state index < -0.39 is 29.6 Å². The summed E-state index contributed by atoms with van der Waals surface area (Å²) in [6.07, 6.45) is 0.322. The Kier molecular flexibility index (Phi) is 5.97. The Morgan fingerprint density at radius 1 is 1.26 bits per heavy atom. The van der Waals surface area contributed by atoms with E-state index in [9.17, 15) is 18.4 Å². The first-order valence-corrected chi connectivity index (χ1v) is 9.57. The van der Waals surface area contributed by atoms with Crippen molar-refractivity contribution in [3.8, 4) is 0 Å². The Balaban J connectivity index is 1.53. The van der Waals surface area contributed by atoms with Crippen LogP contribution in [-0.4, -0.2) is 33.7 Å². The van der Waals surface area contributed by atoms with Gasteiger partial charge in [0.05, 0.1) is 5.75 Å². The average Bonchev–Trinajstić information content (AvgIpc) is 3.12. The number of thioether (sulfide) groups is 1. The topological polar surface area (TPSA) is 81.2 Å². The van der Waals surface area contributed by atoms with Gasteiger partial charge in [0.15, 0.2) is 17.7 Å². The highest BCUT2D eigenvalue weighted by Gasteiger charge is 2.19. The van der Waals surface area contributed by atoms with Crippen LogP contribution in [0.15, 0.2) is 41.0 Å². The molecule has 2 heterocycles. The fraction of sp³-hybridized carbons (Fsp3) is 0.176. The zero-order valence-electron chi connectivity index (χ0n) is 13.9. The van der Waals surface area contributed by atoms with Crippen LogP contribution in [0.5, 0.6) is 0 Å². The Labute approximate surface area is 161 Å². The summed E-state index contributed by atoms with van der Waals surface area (Å²) in [5, 5.41) is 5.74. The lowest BCUT2D eigenvalue weighted by molar-refractivity contribution is -0.150. The van der Waals surface area contributed by atoms with Crippen LogP contribution in [0.1, 0.15) is 6.92 Å². The van der Waals surface area contributed by atoms with Gasteiger partial charge in [-0.05, 0) is 30.5 Å². The van der Waals surface area contributed by atoms with Crippen molar-refractivity contribution in [2.75, 3.05) is 11.1 Å². The van der Waals surface area contributed by atoms with E-state index >= 15 is 0 Å². The summed E-state index contributed by atoms with van der Waals surface area (Å²) >= 11 is 2.65. The smallest absolute Gasteiger partial charge is 0.317 e. The average molecular weight is 409 g/mol. The van der Waals surface area contributed by atoms with E-state index in [0.717, 1.165) is 22.3 Å². The van der Waals surface area contributed by atoms with Crippen LogP contribution in [-0.2, 0) is 14.3 Å². The van der Waals surface area contributed by atoms with Crippen molar-refractivity contribution in [3.63, 3.8) is 0 Å². The highest BCUT2D eigenvalue weighted by molar-refractivity contribution is 8.00. The molecule has 0 fully saturated rings. The van der Waals surface area contributed by atoms with Crippen molar-refractivity contribution in [2.45, 2.75) is 18.1 Å². The van der Waals surface area contributed by atoms with Crippen molar-refractivity contribution in [2.24, 2.45) is 0 Å². The zero-order valence-corrected chi connectivity index (χ0v) is 15.6. The number of hydrogen-bond acceptors (Lipinski definition) is 7. The number of fused-ring (bicyclic) bond motifs is 1. The molecule has 0 aliphatic heterocycles. The second-order valence-corrected chi connectivity index (χ2v) is 7.22. The molecule has 3 aromatic rings. The molecular weight excluding hydrogens is 396 g/mol. The van der Waals surface area contributed by atoms with Crippen LogP contribution in [0.25, 0.3) is 10.2 Å². The molecule has 1 amide bonds. The van der Waals surface area contributed by atoms with E-state index in [-0.39, 0.29) is 11.4 Å². The standard InChI is InChI=1S/C17H13F2N3O3S2/c1-9(15(24)22-10-2-3-12(18)13(19)6-10)25-14(23)7-27-17-11-4-5-26-16(11)20-8-21-17/h2-6,8-9H,7H2,1H3,(H,22,24)/t9-/m1/s1. The molecule has 0 aliphatic carbocycles. The molecule has 140 valence electrons. The minimum atomic E-state index is -1.10. The number of aromatic nitrogens is 2. The van der Waals surface area contributed by atoms with Gasteiger partial charge in [-0.1, -0.05) is 11.8 Å². The van der Waals surface area contributed by atoms with Gasteiger partial charge in [0.2, 0.25) is 0 Å². The van der Waals surface area contributed by atoms with Crippen LogP contribution in [0.3, 0.4) is 0 Å². The molecule has 1 aromatic carbocycles. The minimum absolute atomic E-state index is 0.0369. The number of amides is 1. The SMILES string of the molecule is C[C@@H](OC(=O)CSc1ncnc2sccc12)C(=O)Nc1ccc(F)c(F)c1. The maximum atomic E-state index is 13.2. The number of halogens is 2. The molecule has 0 radical (unpaired) electrons. The fourth-order valence-electron chi connectivity index (χ4n) is 2.11. The van der Waals surface area contributed by atoms with Gasteiger partial charge in [-0.3, -0.25) is 9.59 Å². The predicted molar refractivity (Wildman–Crippen MR) is 98.7 cm³/mol. The molecule has 6 nitrogen and oxygen atoms in total. The summed E-state index contributed by atoms with van der Waals surface area (Å²) in [7, 11) is 0. The molecule has 0 bridgehead atoms. The Hall–Kier alpha value is -2.59. The third-order valence-electron chi connectivity index (χ3n) is 3.42. The second kappa shape index (κ2) is 8.40. The lowest BCUT2D eigenvalue weighted by Crippen LogP contribution is -2.30. The van der Waals surface area contributed by atoms with Crippen LogP contribution >= 0.6 is 23.1 Å². The van der Waals surface area contributed by atoms with E-state index in [1.54, 1.807) is 0 Å². The minimum Gasteiger partial charge on any atom is -0.452 e. The van der Waals surface area contributed by atoms with Crippen molar-refractivity contribution in [1.82, 2.24) is 9.97 Å². The largest absolute Gasteiger partial charge is 0.452 e. The van der Waals surface area contributed by atoms with Crippen LogP contribution in [0.2, 0.25) is 0 Å². The Bertz CT molecular complexity index is 996. The van der Waals surface area contributed by atoms with Gasteiger partial charge in [-0.15, -0.1) is 11.3 Å². The van der Waals surface area contributed by atoms with E-state index in [1.165, 1.54) is 42.4 Å². The maximum absolute atomic E-state index is 13.2. The van der Waals surface area contributed by atoms with Crippen LogP contribution in [0.4, 0.5) is 14.5 Å². The third kappa shape index (κ3) is 4.77. The molecular formula is C17H13F2N3O3S2. The Morgan fingerprint density at radius 3 is 2.85 bits per heavy atom. The number of anilines is 1. The van der Waals surface area contributed by atoms with E-state index in [0.29, 0.717) is 5.03 Å². The van der Waals surface area contributed by atoms with E-state index in [2.05, 4.69) is 15.3 Å². The van der Waals surface area contributed by atoms with E-state index in [1.807, 2.05) is 11.4 Å². The molecule has 1 atom stereocenters. The third-order valence-corrected chi connectivity index (χ3v) is 5.22. The number of benzene rings is 1. The van der Waals surface area contributed by atoms with Crippen molar-refractivity contribution >= 4 is 50.9 Å². The molecule has 1 N–H and O–H groups in total. The van der Waals surface area contributed by atoms with Gasteiger partial charge >= 0.3 is 5.97 Å². The molecule has 0 saturated heterocycles. The van der Waals surface area contributed by atoms with Gasteiger partial charge in [-0.2, -0.15) is 0 Å². The van der Waals surface area contributed by atoms with Gasteiger partial charge in [0, 0.05) is 17.1 Å². The molecule has 2 aromatic heterocycles. The number of carbonyl (C=O) groups excluding carboxylic acids is 2. The molecule has 0 unspecified atom stereocenters. The first-order valence-electron chi connectivity index (χ1n) is 7.70. The quantitative estimate of drug-likeness (QED) is 0.380. The summed E-state index contributed by atoms with van der Waals surface area (Å²) < 4.78 is 31.1. The van der Waals surface area contributed by atoms with Gasteiger partial charge in [-0.25, -0.2) is 18.7 Å². The number of nitrogens with one attached hydrogen (secondary N) is 1. The summed E-state index contributed by atoms with van der Waals surface area (Å²) in [4.78, 5) is 33.1. The first kappa shape index (κ1) is 19.2. The lowest BCUT2D eigenvalue weighted by Gasteiger charge is -2.13. The number of ether oxygens (including phenoxy) is 1. The summed E-state index contributed by atoms with van der Waals surface area (Å²) in [5.74, 6) is -3.39. The molecule has 0 spiro atoms. The fourth-order valence-corrected chi connectivity index (χ4v) is 3.67. The summed E-state index contributed by atoms with van der Waals surface area (Å²) in [6.45, 7) is 1.39.